The number of carbonyl (C=O) groups is 4. The van der Waals surface area contributed by atoms with E-state index in [1.807, 2.05) is 26.0 Å². The van der Waals surface area contributed by atoms with Crippen LogP contribution in [0.3, 0.4) is 0 Å². The molecule has 0 saturated heterocycles. The van der Waals surface area contributed by atoms with Crippen LogP contribution in [0.4, 0.5) is 5.69 Å². The van der Waals surface area contributed by atoms with Crippen LogP contribution in [0.1, 0.15) is 62.3 Å². The standard InChI is InChI=1S/C15H20N2O4.C11H12BrNO2.C4H9NO2/c1-4-17-7-8-21-12-9-10(5-6-11(12)13(17)18)16-15(2,3)14(19)20;1-2-13-5-6-15-10-7-8(12)3-4-9(10)11(13)14;1-4(2,5)3(6)7/h5-6,9,16H,4,7-8H2,1-3H3,(H,19,20);3-4,7H,2,5-6H2,1H3;5H2,1-2H3,(H,6,7). The lowest BCUT2D eigenvalue weighted by Gasteiger charge is -2.23. The molecule has 13 heteroatoms. The molecule has 0 saturated carbocycles. The number of aliphatic carboxylic acids is 2. The Labute approximate surface area is 260 Å². The van der Waals surface area contributed by atoms with Gasteiger partial charge in [-0.2, -0.15) is 0 Å². The van der Waals surface area contributed by atoms with Crippen LogP contribution in [0.2, 0.25) is 0 Å². The predicted molar refractivity (Wildman–Crippen MR) is 166 cm³/mol. The lowest BCUT2D eigenvalue weighted by Crippen LogP contribution is -2.41. The molecule has 0 aromatic heterocycles. The van der Waals surface area contributed by atoms with E-state index in [-0.39, 0.29) is 11.8 Å². The van der Waals surface area contributed by atoms with Crippen LogP contribution in [-0.4, -0.2) is 94.2 Å². The van der Waals surface area contributed by atoms with Crippen LogP contribution in [-0.2, 0) is 9.59 Å². The van der Waals surface area contributed by atoms with Crippen molar-refractivity contribution in [2.45, 2.75) is 52.6 Å². The molecule has 5 N–H and O–H groups in total. The second-order valence-corrected chi connectivity index (χ2v) is 11.8. The van der Waals surface area contributed by atoms with E-state index in [4.69, 9.17) is 25.4 Å². The number of hydrogen-bond donors (Lipinski definition) is 4. The van der Waals surface area contributed by atoms with Gasteiger partial charge in [0, 0.05) is 29.3 Å². The molecule has 0 unspecified atom stereocenters. The zero-order valence-electron chi connectivity index (χ0n) is 25.4. The molecule has 0 bridgehead atoms. The Balaban J connectivity index is 0.000000255. The minimum absolute atomic E-state index is 0.0532. The van der Waals surface area contributed by atoms with Crippen LogP contribution >= 0.6 is 15.9 Å². The summed E-state index contributed by atoms with van der Waals surface area (Å²) >= 11 is 3.36. The molecular formula is C30H41BrN4O8. The predicted octanol–water partition coefficient (Wildman–Crippen LogP) is 3.93. The number of carboxylic acids is 2. The highest BCUT2D eigenvalue weighted by Crippen LogP contribution is 2.29. The smallest absolute Gasteiger partial charge is 0.328 e. The summed E-state index contributed by atoms with van der Waals surface area (Å²) in [5.41, 5.74) is 4.66. The molecule has 0 atom stereocenters. The van der Waals surface area contributed by atoms with Crippen molar-refractivity contribution in [2.24, 2.45) is 5.73 Å². The Morgan fingerprint density at radius 1 is 0.860 bits per heavy atom. The number of halogens is 1. The second-order valence-electron chi connectivity index (χ2n) is 10.9. The number of benzene rings is 2. The number of likely N-dealkylation sites (N-methyl/N-ethyl adjacent to an activating group) is 2. The maximum absolute atomic E-state index is 12.3. The largest absolute Gasteiger partial charge is 0.491 e. The molecule has 4 rings (SSSR count). The number of anilines is 1. The van der Waals surface area contributed by atoms with E-state index in [0.29, 0.717) is 61.2 Å². The Kier molecular flexibility index (Phi) is 12.4. The number of nitrogens with zero attached hydrogens (tertiary/aromatic N) is 2. The average Bonchev–Trinajstić information content (AvgIpc) is 3.18. The molecule has 2 heterocycles. The first-order valence-corrected chi connectivity index (χ1v) is 14.6. The van der Waals surface area contributed by atoms with E-state index < -0.39 is 23.0 Å². The van der Waals surface area contributed by atoms with Gasteiger partial charge in [0.25, 0.3) is 11.8 Å². The fraction of sp³-hybridized carbons (Fsp3) is 0.467. The number of ether oxygens (including phenoxy) is 2. The van der Waals surface area contributed by atoms with E-state index in [0.717, 1.165) is 11.0 Å². The van der Waals surface area contributed by atoms with Crippen LogP contribution in [0.25, 0.3) is 0 Å². The van der Waals surface area contributed by atoms with Crippen LogP contribution in [0.15, 0.2) is 40.9 Å². The Hall–Kier alpha value is -3.84. The quantitative estimate of drug-likeness (QED) is 0.355. The molecule has 12 nitrogen and oxygen atoms in total. The maximum Gasteiger partial charge on any atom is 0.328 e. The summed E-state index contributed by atoms with van der Waals surface area (Å²) in [5.74, 6) is -0.780. The zero-order chi connectivity index (χ0) is 32.5. The highest BCUT2D eigenvalue weighted by Gasteiger charge is 2.28. The number of rotatable bonds is 6. The van der Waals surface area contributed by atoms with E-state index in [9.17, 15) is 19.2 Å². The van der Waals surface area contributed by atoms with Gasteiger partial charge >= 0.3 is 11.9 Å². The third-order valence-corrected chi connectivity index (χ3v) is 7.00. The SMILES string of the molecule is CC(C)(N)C(=O)O.CCN1CCOc2cc(Br)ccc2C1=O.CCN1CCOc2cc(NC(C)(C)C(=O)O)ccc2C1=O. The molecular weight excluding hydrogens is 624 g/mol. The fourth-order valence-electron chi connectivity index (χ4n) is 3.78. The fourth-order valence-corrected chi connectivity index (χ4v) is 4.12. The second kappa shape index (κ2) is 15.1. The molecule has 2 aliphatic rings. The van der Waals surface area contributed by atoms with Gasteiger partial charge in [0.05, 0.1) is 24.2 Å². The Bertz CT molecular complexity index is 1330. The van der Waals surface area contributed by atoms with Crippen molar-refractivity contribution in [3.05, 3.63) is 52.0 Å². The van der Waals surface area contributed by atoms with Crippen LogP contribution in [0.5, 0.6) is 11.5 Å². The molecule has 0 spiro atoms. The molecule has 2 aromatic rings. The summed E-state index contributed by atoms with van der Waals surface area (Å²) in [7, 11) is 0. The maximum atomic E-state index is 12.3. The zero-order valence-corrected chi connectivity index (χ0v) is 27.0. The van der Waals surface area contributed by atoms with Gasteiger partial charge in [-0.3, -0.25) is 14.4 Å². The van der Waals surface area contributed by atoms with Crippen molar-refractivity contribution < 1.29 is 38.9 Å². The number of carbonyl (C=O) groups excluding carboxylic acids is 2. The van der Waals surface area contributed by atoms with Gasteiger partial charge in [-0.25, -0.2) is 4.79 Å². The number of nitrogens with one attached hydrogen (secondary N) is 1. The Morgan fingerprint density at radius 3 is 1.72 bits per heavy atom. The van der Waals surface area contributed by atoms with Gasteiger partial charge in [0.2, 0.25) is 0 Å². The van der Waals surface area contributed by atoms with Crippen molar-refractivity contribution in [1.29, 1.82) is 0 Å². The topological polar surface area (TPSA) is 172 Å². The molecule has 2 amide bonds. The summed E-state index contributed by atoms with van der Waals surface area (Å²) < 4.78 is 12.1. The van der Waals surface area contributed by atoms with Gasteiger partial charge in [-0.1, -0.05) is 15.9 Å². The highest BCUT2D eigenvalue weighted by atomic mass is 79.9. The van der Waals surface area contributed by atoms with Crippen molar-refractivity contribution in [3.63, 3.8) is 0 Å². The molecule has 43 heavy (non-hydrogen) atoms. The monoisotopic (exact) mass is 664 g/mol. The number of hydrogen-bond acceptors (Lipinski definition) is 8. The first kappa shape index (κ1) is 35.4. The van der Waals surface area contributed by atoms with Gasteiger partial charge < -0.3 is 40.5 Å². The normalized spacial score (nSPS) is 14.6. The van der Waals surface area contributed by atoms with Gasteiger partial charge in [-0.15, -0.1) is 0 Å². The van der Waals surface area contributed by atoms with E-state index in [2.05, 4.69) is 21.2 Å². The van der Waals surface area contributed by atoms with Crippen molar-refractivity contribution in [3.8, 4) is 11.5 Å². The van der Waals surface area contributed by atoms with Gasteiger partial charge in [0.1, 0.15) is 35.8 Å². The lowest BCUT2D eigenvalue weighted by molar-refractivity contribution is -0.142. The molecule has 236 valence electrons. The van der Waals surface area contributed by atoms with E-state index in [1.54, 1.807) is 47.9 Å². The van der Waals surface area contributed by atoms with Crippen molar-refractivity contribution in [2.75, 3.05) is 44.7 Å². The van der Waals surface area contributed by atoms with Gasteiger partial charge in [0.15, 0.2) is 0 Å². The van der Waals surface area contributed by atoms with Crippen LogP contribution < -0.4 is 20.5 Å². The minimum Gasteiger partial charge on any atom is -0.491 e. The lowest BCUT2D eigenvalue weighted by atomic mass is 10.0. The first-order valence-electron chi connectivity index (χ1n) is 13.8. The minimum atomic E-state index is -1.10. The van der Waals surface area contributed by atoms with Gasteiger partial charge in [-0.05, 0) is 71.9 Å². The average molecular weight is 666 g/mol. The summed E-state index contributed by atoms with van der Waals surface area (Å²) in [6.45, 7) is 13.5. The summed E-state index contributed by atoms with van der Waals surface area (Å²) in [4.78, 5) is 48.9. The summed E-state index contributed by atoms with van der Waals surface area (Å²) in [5, 5.41) is 20.2. The van der Waals surface area contributed by atoms with Crippen LogP contribution in [0, 0.1) is 0 Å². The number of nitrogens with two attached hydrogens (primary N) is 1. The number of amides is 2. The number of fused-ring (bicyclic) bond motifs is 2. The van der Waals surface area contributed by atoms with Crippen molar-refractivity contribution in [1.82, 2.24) is 9.80 Å². The third-order valence-electron chi connectivity index (χ3n) is 6.50. The van der Waals surface area contributed by atoms with Crippen molar-refractivity contribution >= 4 is 45.4 Å². The first-order chi connectivity index (χ1) is 20.0. The molecule has 2 aliphatic heterocycles. The Morgan fingerprint density at radius 2 is 1.30 bits per heavy atom. The molecule has 0 fully saturated rings. The van der Waals surface area contributed by atoms with E-state index in [1.165, 1.54) is 13.8 Å². The molecule has 0 aliphatic carbocycles. The summed E-state index contributed by atoms with van der Waals surface area (Å²) in [6, 6.07) is 10.5. The third kappa shape index (κ3) is 9.85. The number of carboxylic acid groups (broad SMARTS) is 2. The molecule has 0 radical (unpaired) electrons. The van der Waals surface area contributed by atoms with E-state index >= 15 is 0 Å². The molecule has 2 aromatic carbocycles. The summed E-state index contributed by atoms with van der Waals surface area (Å²) in [6.07, 6.45) is 0. The highest BCUT2D eigenvalue weighted by molar-refractivity contribution is 9.10.